The molecule has 2 aliphatic carbocycles. The van der Waals surface area contributed by atoms with Gasteiger partial charge in [0.15, 0.2) is 0 Å². The van der Waals surface area contributed by atoms with E-state index in [0.29, 0.717) is 17.8 Å². The lowest BCUT2D eigenvalue weighted by atomic mass is 9.78. The van der Waals surface area contributed by atoms with Crippen LogP contribution in [0.25, 0.3) is 10.2 Å². The van der Waals surface area contributed by atoms with E-state index in [-0.39, 0.29) is 5.82 Å². The summed E-state index contributed by atoms with van der Waals surface area (Å²) in [7, 11) is 0. The van der Waals surface area contributed by atoms with Crippen LogP contribution >= 0.6 is 11.3 Å². The van der Waals surface area contributed by atoms with Crippen LogP contribution in [0.5, 0.6) is 0 Å². The quantitative estimate of drug-likeness (QED) is 0.358. The number of hydrogen-bond donors (Lipinski definition) is 0. The first kappa shape index (κ1) is 23.0. The predicted octanol–water partition coefficient (Wildman–Crippen LogP) is 8.96. The summed E-state index contributed by atoms with van der Waals surface area (Å²) in [4.78, 5) is 8.42. The van der Waals surface area contributed by atoms with Crippen LogP contribution in [0.4, 0.5) is 4.39 Å². The summed E-state index contributed by atoms with van der Waals surface area (Å²) in [6.45, 7) is 0.837. The fourth-order valence-electron chi connectivity index (χ4n) is 6.53. The van der Waals surface area contributed by atoms with Crippen molar-refractivity contribution in [2.24, 2.45) is 11.8 Å². The minimum Gasteiger partial charge on any atom is -0.344 e. The van der Waals surface area contributed by atoms with Crippen molar-refractivity contribution in [2.75, 3.05) is 0 Å². The molecular formula is C31H35FN2S. The number of thiophene rings is 1. The zero-order valence-electron chi connectivity index (χ0n) is 20.5. The Balaban J connectivity index is 1.44. The average molecular weight is 487 g/mol. The normalized spacial score (nSPS) is 20.8. The van der Waals surface area contributed by atoms with Crippen LogP contribution < -0.4 is 0 Å². The number of aromatic nitrogens is 1. The molecule has 182 valence electrons. The smallest absolute Gasteiger partial charge is 0.123 e. The molecule has 0 atom stereocenters. The Morgan fingerprint density at radius 2 is 1.46 bits per heavy atom. The maximum absolute atomic E-state index is 13.7. The summed E-state index contributed by atoms with van der Waals surface area (Å²) in [6, 6.07) is 11.5. The lowest BCUT2D eigenvalue weighted by Gasteiger charge is -2.43. The highest BCUT2D eigenvalue weighted by molar-refractivity contribution is 7.16. The van der Waals surface area contributed by atoms with Crippen LogP contribution in [0.2, 0.25) is 0 Å². The molecule has 0 N–H and O–H groups in total. The van der Waals surface area contributed by atoms with Crippen molar-refractivity contribution >= 4 is 21.6 Å². The number of benzene rings is 1. The van der Waals surface area contributed by atoms with Gasteiger partial charge in [0.1, 0.15) is 10.6 Å². The SMILES string of the molecule is Fc1ccc(CN2C(C3CCCCC3)=CC(c3csc4ncccc34)C=C2C2CCCCC2)cc1. The van der Waals surface area contributed by atoms with Crippen LogP contribution in [0.3, 0.4) is 0 Å². The van der Waals surface area contributed by atoms with Crippen LogP contribution in [0, 0.1) is 17.7 Å². The Hall–Kier alpha value is -2.46. The van der Waals surface area contributed by atoms with Gasteiger partial charge in [0.05, 0.1) is 0 Å². The number of hydrogen-bond acceptors (Lipinski definition) is 3. The number of allylic oxidation sites excluding steroid dienone is 4. The third-order valence-corrected chi connectivity index (χ3v) is 9.28. The molecule has 3 aromatic rings. The van der Waals surface area contributed by atoms with Crippen LogP contribution in [0.1, 0.15) is 81.3 Å². The van der Waals surface area contributed by atoms with Crippen molar-refractivity contribution in [3.8, 4) is 0 Å². The summed E-state index contributed by atoms with van der Waals surface area (Å²) in [5.74, 6) is 1.37. The van der Waals surface area contributed by atoms with E-state index >= 15 is 0 Å². The van der Waals surface area contributed by atoms with Gasteiger partial charge in [0, 0.05) is 35.4 Å². The van der Waals surface area contributed by atoms with Gasteiger partial charge in [0.25, 0.3) is 0 Å². The van der Waals surface area contributed by atoms with Gasteiger partial charge >= 0.3 is 0 Å². The van der Waals surface area contributed by atoms with E-state index in [1.807, 2.05) is 18.3 Å². The first-order valence-corrected chi connectivity index (χ1v) is 14.4. The standard InChI is InChI=1S/C31H35FN2S/c32-26-15-13-22(14-16-26)20-34-29(23-8-3-1-4-9-23)18-25(19-30(34)24-10-5-2-6-11-24)28-21-35-31-27(28)12-7-17-33-31/h7,12-19,21,23-25H,1-6,8-11,20H2. The fourth-order valence-corrected chi connectivity index (χ4v) is 7.49. The first-order chi connectivity index (χ1) is 17.3. The second-order valence-corrected chi connectivity index (χ2v) is 11.5. The van der Waals surface area contributed by atoms with Gasteiger partial charge in [-0.2, -0.15) is 0 Å². The Labute approximate surface area is 212 Å². The van der Waals surface area contributed by atoms with Crippen molar-refractivity contribution in [3.63, 3.8) is 0 Å². The number of fused-ring (bicyclic) bond motifs is 1. The Kier molecular flexibility index (Phi) is 6.73. The first-order valence-electron chi connectivity index (χ1n) is 13.5. The molecule has 0 saturated heterocycles. The summed E-state index contributed by atoms with van der Waals surface area (Å²) < 4.78 is 13.7. The highest BCUT2D eigenvalue weighted by atomic mass is 32.1. The topological polar surface area (TPSA) is 16.1 Å². The molecule has 6 rings (SSSR count). The molecule has 0 spiro atoms. The van der Waals surface area contributed by atoms with Crippen LogP contribution in [0.15, 0.2) is 71.5 Å². The highest BCUT2D eigenvalue weighted by Crippen LogP contribution is 2.45. The number of rotatable bonds is 5. The minimum atomic E-state index is -0.156. The zero-order valence-corrected chi connectivity index (χ0v) is 21.3. The molecule has 0 bridgehead atoms. The van der Waals surface area contributed by atoms with Gasteiger partial charge in [-0.05, 0) is 72.2 Å². The van der Waals surface area contributed by atoms with Crippen LogP contribution in [-0.2, 0) is 6.54 Å². The van der Waals surface area contributed by atoms with E-state index in [1.54, 1.807) is 23.5 Å². The van der Waals surface area contributed by atoms with Crippen molar-refractivity contribution < 1.29 is 4.39 Å². The van der Waals surface area contributed by atoms with Gasteiger partial charge in [-0.1, -0.05) is 68.9 Å². The minimum absolute atomic E-state index is 0.156. The number of halogens is 1. The zero-order chi connectivity index (χ0) is 23.6. The second-order valence-electron chi connectivity index (χ2n) is 10.6. The third kappa shape index (κ3) is 4.82. The summed E-state index contributed by atoms with van der Waals surface area (Å²) in [6.07, 6.45) is 20.2. The van der Waals surface area contributed by atoms with Gasteiger partial charge in [-0.3, -0.25) is 0 Å². The van der Waals surface area contributed by atoms with E-state index in [4.69, 9.17) is 0 Å². The van der Waals surface area contributed by atoms with Gasteiger partial charge < -0.3 is 4.90 Å². The second kappa shape index (κ2) is 10.3. The Morgan fingerprint density at radius 1 is 0.829 bits per heavy atom. The van der Waals surface area contributed by atoms with E-state index in [9.17, 15) is 4.39 Å². The summed E-state index contributed by atoms with van der Waals surface area (Å²) in [5, 5.41) is 3.63. The fraction of sp³-hybridized carbons (Fsp3) is 0.452. The van der Waals surface area contributed by atoms with Gasteiger partial charge in [-0.25, -0.2) is 9.37 Å². The maximum atomic E-state index is 13.7. The molecule has 2 aromatic heterocycles. The third-order valence-electron chi connectivity index (χ3n) is 8.36. The molecule has 3 heterocycles. The molecule has 0 radical (unpaired) electrons. The van der Waals surface area contributed by atoms with E-state index in [2.05, 4.69) is 39.5 Å². The lowest BCUT2D eigenvalue weighted by molar-refractivity contribution is 0.251. The molecule has 0 unspecified atom stereocenters. The Bertz CT molecular complexity index is 1180. The molecule has 4 heteroatoms. The largest absolute Gasteiger partial charge is 0.344 e. The number of nitrogens with zero attached hydrogens (tertiary/aromatic N) is 2. The molecule has 3 aliphatic rings. The van der Waals surface area contributed by atoms with Crippen LogP contribution in [-0.4, -0.2) is 9.88 Å². The van der Waals surface area contributed by atoms with E-state index in [0.717, 1.165) is 11.4 Å². The van der Waals surface area contributed by atoms with Crippen molar-refractivity contribution in [3.05, 3.63) is 88.5 Å². The van der Waals surface area contributed by atoms with Gasteiger partial charge in [0.2, 0.25) is 0 Å². The van der Waals surface area contributed by atoms with Crippen molar-refractivity contribution in [1.29, 1.82) is 0 Å². The maximum Gasteiger partial charge on any atom is 0.123 e. The predicted molar refractivity (Wildman–Crippen MR) is 144 cm³/mol. The molecule has 0 amide bonds. The van der Waals surface area contributed by atoms with E-state index < -0.39 is 0 Å². The number of pyridine rings is 1. The molecule has 2 fully saturated rings. The van der Waals surface area contributed by atoms with Crippen molar-refractivity contribution in [2.45, 2.75) is 76.7 Å². The monoisotopic (exact) mass is 486 g/mol. The highest BCUT2D eigenvalue weighted by Gasteiger charge is 2.33. The molecule has 35 heavy (non-hydrogen) atoms. The summed E-state index contributed by atoms with van der Waals surface area (Å²) in [5.41, 5.74) is 5.63. The molecular weight excluding hydrogens is 451 g/mol. The van der Waals surface area contributed by atoms with E-state index in [1.165, 1.54) is 92.1 Å². The van der Waals surface area contributed by atoms with Crippen molar-refractivity contribution in [1.82, 2.24) is 9.88 Å². The molecule has 1 aromatic carbocycles. The average Bonchev–Trinajstić information content (AvgIpc) is 3.35. The Morgan fingerprint density at radius 3 is 2.09 bits per heavy atom. The van der Waals surface area contributed by atoms with Gasteiger partial charge in [-0.15, -0.1) is 11.3 Å². The lowest BCUT2D eigenvalue weighted by Crippen LogP contribution is -2.34. The molecule has 2 saturated carbocycles. The molecule has 2 nitrogen and oxygen atoms in total. The molecule has 1 aliphatic heterocycles. The summed E-state index contributed by atoms with van der Waals surface area (Å²) >= 11 is 1.77.